The van der Waals surface area contributed by atoms with Crippen LogP contribution in [-0.2, 0) is 20.4 Å². The Morgan fingerprint density at radius 3 is 1.68 bits per heavy atom. The highest BCUT2D eigenvalue weighted by Gasteiger charge is 2.29. The fraction of sp³-hybridized carbons (Fsp3) is 0.750. The van der Waals surface area contributed by atoms with E-state index in [1.165, 1.54) is 44.9 Å². The van der Waals surface area contributed by atoms with Gasteiger partial charge in [0.25, 0.3) is 0 Å². The zero-order chi connectivity index (χ0) is 23.7. The van der Waals surface area contributed by atoms with Crippen LogP contribution >= 0.6 is 0 Å². The summed E-state index contributed by atoms with van der Waals surface area (Å²) in [6, 6.07) is 3.96. The number of carbonyl (C=O) groups is 1. The molecule has 31 heavy (non-hydrogen) atoms. The van der Waals surface area contributed by atoms with Crippen LogP contribution in [0.25, 0.3) is 0 Å². The number of phenols is 1. The lowest BCUT2D eigenvalue weighted by atomic mass is 9.77. The fourth-order valence-electron chi connectivity index (χ4n) is 3.90. The predicted molar refractivity (Wildman–Crippen MR) is 132 cm³/mol. The van der Waals surface area contributed by atoms with Crippen molar-refractivity contribution in [3.05, 3.63) is 28.8 Å². The first-order valence-electron chi connectivity index (χ1n) is 12.4. The van der Waals surface area contributed by atoms with Gasteiger partial charge < -0.3 is 9.84 Å². The molecule has 0 amide bonds. The van der Waals surface area contributed by atoms with E-state index in [-0.39, 0.29) is 22.7 Å². The van der Waals surface area contributed by atoms with E-state index in [2.05, 4.69) is 48.5 Å². The number of phenolic OH excluding ortho intramolecular Hbond substituents is 1. The zero-order valence-corrected chi connectivity index (χ0v) is 21.6. The SMILES string of the molecule is CCCCCCCCCCCOC(=O)C(C)c1cc(C(C)(C)C)c(O)c(C(C)(C)C)c1. The maximum absolute atomic E-state index is 12.7. The molecule has 1 aromatic rings. The van der Waals surface area contributed by atoms with E-state index >= 15 is 0 Å². The number of rotatable bonds is 12. The molecular weight excluding hydrogens is 384 g/mol. The Bertz CT molecular complexity index is 641. The van der Waals surface area contributed by atoms with Gasteiger partial charge >= 0.3 is 5.97 Å². The van der Waals surface area contributed by atoms with Gasteiger partial charge in [-0.25, -0.2) is 0 Å². The van der Waals surface area contributed by atoms with Gasteiger partial charge in [-0.3, -0.25) is 4.79 Å². The summed E-state index contributed by atoms with van der Waals surface area (Å²) in [6.07, 6.45) is 11.2. The van der Waals surface area contributed by atoms with E-state index in [1.807, 2.05) is 19.1 Å². The molecule has 1 rings (SSSR count). The molecule has 1 aromatic carbocycles. The average Bonchev–Trinajstić information content (AvgIpc) is 2.67. The quantitative estimate of drug-likeness (QED) is 0.268. The highest BCUT2D eigenvalue weighted by Crippen LogP contribution is 2.41. The van der Waals surface area contributed by atoms with E-state index in [0.717, 1.165) is 29.5 Å². The molecule has 0 fully saturated rings. The Morgan fingerprint density at radius 2 is 1.26 bits per heavy atom. The van der Waals surface area contributed by atoms with Crippen LogP contribution in [0, 0.1) is 0 Å². The third kappa shape index (κ3) is 9.25. The molecule has 0 aliphatic carbocycles. The standard InChI is InChI=1S/C28H48O3/c1-9-10-11-12-13-14-15-16-17-18-31-26(30)21(2)22-19-23(27(3,4)5)25(29)24(20-22)28(6,7)8/h19-21,29H,9-18H2,1-8H3. The Morgan fingerprint density at radius 1 is 0.839 bits per heavy atom. The minimum atomic E-state index is -0.346. The zero-order valence-electron chi connectivity index (χ0n) is 21.6. The van der Waals surface area contributed by atoms with Gasteiger partial charge in [0.05, 0.1) is 12.5 Å². The van der Waals surface area contributed by atoms with Gasteiger partial charge in [-0.05, 0) is 40.9 Å². The molecule has 0 aliphatic heterocycles. The molecule has 0 radical (unpaired) electrons. The Labute approximate surface area is 192 Å². The van der Waals surface area contributed by atoms with Crippen molar-refractivity contribution < 1.29 is 14.6 Å². The molecule has 0 aromatic heterocycles. The lowest BCUT2D eigenvalue weighted by Crippen LogP contribution is -2.20. The van der Waals surface area contributed by atoms with Crippen LogP contribution < -0.4 is 0 Å². The summed E-state index contributed by atoms with van der Waals surface area (Å²) in [5, 5.41) is 10.9. The number of carbonyl (C=O) groups excluding carboxylic acids is 1. The second kappa shape index (κ2) is 12.5. The maximum Gasteiger partial charge on any atom is 0.313 e. The minimum Gasteiger partial charge on any atom is -0.507 e. The molecule has 178 valence electrons. The van der Waals surface area contributed by atoms with Crippen LogP contribution in [-0.4, -0.2) is 17.7 Å². The van der Waals surface area contributed by atoms with Gasteiger partial charge in [-0.1, -0.05) is 112 Å². The molecule has 0 saturated heterocycles. The number of hydrogen-bond acceptors (Lipinski definition) is 3. The highest BCUT2D eigenvalue weighted by atomic mass is 16.5. The predicted octanol–water partition coefficient (Wildman–Crippen LogP) is 8.16. The first-order chi connectivity index (χ1) is 14.4. The van der Waals surface area contributed by atoms with Gasteiger partial charge in [0.1, 0.15) is 5.75 Å². The normalized spacial score (nSPS) is 13.3. The summed E-state index contributed by atoms with van der Waals surface area (Å²) in [6.45, 7) is 17.2. The van der Waals surface area contributed by atoms with Crippen LogP contribution in [0.5, 0.6) is 5.75 Å². The lowest BCUT2D eigenvalue weighted by molar-refractivity contribution is -0.145. The second-order valence-corrected chi connectivity index (χ2v) is 11.2. The summed E-state index contributed by atoms with van der Waals surface area (Å²) in [4.78, 5) is 12.7. The van der Waals surface area contributed by atoms with Crippen molar-refractivity contribution in [2.24, 2.45) is 0 Å². The molecular formula is C28H48O3. The number of hydrogen-bond donors (Lipinski definition) is 1. The number of benzene rings is 1. The molecule has 3 heteroatoms. The Kier molecular flexibility index (Phi) is 11.1. The first kappa shape index (κ1) is 27.5. The third-order valence-corrected chi connectivity index (χ3v) is 6.09. The van der Waals surface area contributed by atoms with Crippen molar-refractivity contribution in [2.45, 2.75) is 130 Å². The summed E-state index contributed by atoms with van der Waals surface area (Å²) in [5.41, 5.74) is 2.27. The van der Waals surface area contributed by atoms with Crippen molar-refractivity contribution >= 4 is 5.97 Å². The maximum atomic E-state index is 12.7. The van der Waals surface area contributed by atoms with Crippen LogP contribution in [0.2, 0.25) is 0 Å². The smallest absolute Gasteiger partial charge is 0.313 e. The topological polar surface area (TPSA) is 46.5 Å². The van der Waals surface area contributed by atoms with Crippen LogP contribution in [0.4, 0.5) is 0 Å². The number of aromatic hydroxyl groups is 1. The summed E-state index contributed by atoms with van der Waals surface area (Å²) < 4.78 is 5.60. The van der Waals surface area contributed by atoms with Crippen molar-refractivity contribution in [1.29, 1.82) is 0 Å². The van der Waals surface area contributed by atoms with E-state index in [4.69, 9.17) is 4.74 Å². The van der Waals surface area contributed by atoms with Crippen LogP contribution in [0.1, 0.15) is 136 Å². The van der Waals surface area contributed by atoms with Crippen molar-refractivity contribution in [2.75, 3.05) is 6.61 Å². The molecule has 0 saturated carbocycles. The van der Waals surface area contributed by atoms with Crippen LogP contribution in [0.3, 0.4) is 0 Å². The van der Waals surface area contributed by atoms with Gasteiger partial charge in [0, 0.05) is 0 Å². The molecule has 0 aliphatic rings. The van der Waals surface area contributed by atoms with E-state index in [9.17, 15) is 9.90 Å². The molecule has 0 heterocycles. The second-order valence-electron chi connectivity index (χ2n) is 11.2. The lowest BCUT2D eigenvalue weighted by Gasteiger charge is -2.29. The highest BCUT2D eigenvalue weighted by molar-refractivity contribution is 5.78. The van der Waals surface area contributed by atoms with E-state index in [0.29, 0.717) is 12.4 Å². The molecule has 3 nitrogen and oxygen atoms in total. The van der Waals surface area contributed by atoms with Crippen molar-refractivity contribution in [1.82, 2.24) is 0 Å². The van der Waals surface area contributed by atoms with Gasteiger partial charge in [0.2, 0.25) is 0 Å². The minimum absolute atomic E-state index is 0.176. The van der Waals surface area contributed by atoms with Crippen LogP contribution in [0.15, 0.2) is 12.1 Å². The van der Waals surface area contributed by atoms with E-state index < -0.39 is 0 Å². The number of ether oxygens (including phenoxy) is 1. The molecule has 0 spiro atoms. The van der Waals surface area contributed by atoms with Crippen molar-refractivity contribution in [3.8, 4) is 5.75 Å². The Balaban J connectivity index is 2.64. The molecule has 1 unspecified atom stereocenters. The van der Waals surface area contributed by atoms with E-state index in [1.54, 1.807) is 0 Å². The first-order valence-corrected chi connectivity index (χ1v) is 12.4. The summed E-state index contributed by atoms with van der Waals surface area (Å²) in [5.74, 6) is -0.176. The summed E-state index contributed by atoms with van der Waals surface area (Å²) in [7, 11) is 0. The van der Waals surface area contributed by atoms with Gasteiger partial charge in [0.15, 0.2) is 0 Å². The Hall–Kier alpha value is -1.51. The molecule has 0 bridgehead atoms. The number of esters is 1. The monoisotopic (exact) mass is 432 g/mol. The van der Waals surface area contributed by atoms with Gasteiger partial charge in [-0.2, -0.15) is 0 Å². The fourth-order valence-corrected chi connectivity index (χ4v) is 3.90. The average molecular weight is 433 g/mol. The summed E-state index contributed by atoms with van der Waals surface area (Å²) >= 11 is 0. The molecule has 1 N–H and O–H groups in total. The van der Waals surface area contributed by atoms with Gasteiger partial charge in [-0.15, -0.1) is 0 Å². The third-order valence-electron chi connectivity index (χ3n) is 6.09. The number of unbranched alkanes of at least 4 members (excludes halogenated alkanes) is 8. The van der Waals surface area contributed by atoms with Crippen molar-refractivity contribution in [3.63, 3.8) is 0 Å². The molecule has 1 atom stereocenters. The largest absolute Gasteiger partial charge is 0.507 e.